The van der Waals surface area contributed by atoms with Gasteiger partial charge in [-0.2, -0.15) is 0 Å². The van der Waals surface area contributed by atoms with Crippen molar-refractivity contribution in [3.05, 3.63) is 71.3 Å². The Morgan fingerprint density at radius 2 is 1.63 bits per heavy atom. The van der Waals surface area contributed by atoms with E-state index in [4.69, 9.17) is 0 Å². The highest BCUT2D eigenvalue weighted by Gasteiger charge is 2.25. The minimum atomic E-state index is 0.223. The van der Waals surface area contributed by atoms with Crippen LogP contribution in [-0.2, 0) is 19.5 Å². The molecule has 1 unspecified atom stereocenters. The molecule has 0 aliphatic carbocycles. The Bertz CT molecular complexity index is 538. The van der Waals surface area contributed by atoms with E-state index < -0.39 is 0 Å². The Hall–Kier alpha value is -1.64. The third-order valence-electron chi connectivity index (χ3n) is 3.90. The first-order chi connectivity index (χ1) is 9.36. The molecule has 0 radical (unpaired) electrons. The van der Waals surface area contributed by atoms with Crippen LogP contribution in [0.5, 0.6) is 0 Å². The highest BCUT2D eigenvalue weighted by atomic mass is 16.3. The molecule has 1 aliphatic heterocycles. The Morgan fingerprint density at radius 3 is 2.37 bits per heavy atom. The van der Waals surface area contributed by atoms with E-state index in [1.807, 2.05) is 6.07 Å². The summed E-state index contributed by atoms with van der Waals surface area (Å²) in [6.07, 6.45) is 0.944. The molecule has 2 aromatic carbocycles. The zero-order chi connectivity index (χ0) is 13.1. The summed E-state index contributed by atoms with van der Waals surface area (Å²) in [7, 11) is 0. The van der Waals surface area contributed by atoms with Crippen LogP contribution >= 0.6 is 0 Å². The molecular weight excluding hydrogens is 234 g/mol. The van der Waals surface area contributed by atoms with Crippen LogP contribution in [0.1, 0.15) is 16.7 Å². The Kier molecular flexibility index (Phi) is 3.62. The maximum absolute atomic E-state index is 9.62. The molecule has 0 saturated carbocycles. The summed E-state index contributed by atoms with van der Waals surface area (Å²) in [5.74, 6) is 0. The van der Waals surface area contributed by atoms with E-state index in [-0.39, 0.29) is 12.6 Å². The SMILES string of the molecule is OCC1Cc2ccccc2CN1Cc1ccccc1. The average molecular weight is 253 g/mol. The molecular formula is C17H19NO. The number of hydrogen-bond donors (Lipinski definition) is 1. The minimum absolute atomic E-state index is 0.223. The van der Waals surface area contributed by atoms with Gasteiger partial charge in [0.25, 0.3) is 0 Å². The fraction of sp³-hybridized carbons (Fsp3) is 0.294. The van der Waals surface area contributed by atoms with Crippen LogP contribution in [0.25, 0.3) is 0 Å². The van der Waals surface area contributed by atoms with Gasteiger partial charge in [0.2, 0.25) is 0 Å². The standard InChI is InChI=1S/C17H19NO/c19-13-17-10-15-8-4-5-9-16(15)12-18(17)11-14-6-2-1-3-7-14/h1-9,17,19H,10-13H2. The van der Waals surface area contributed by atoms with Crippen molar-refractivity contribution in [2.24, 2.45) is 0 Å². The van der Waals surface area contributed by atoms with Crippen molar-refractivity contribution in [3.63, 3.8) is 0 Å². The van der Waals surface area contributed by atoms with Gasteiger partial charge in [-0.1, -0.05) is 54.6 Å². The summed E-state index contributed by atoms with van der Waals surface area (Å²) in [4.78, 5) is 2.37. The van der Waals surface area contributed by atoms with Gasteiger partial charge in [-0.05, 0) is 23.1 Å². The average Bonchev–Trinajstić information content (AvgIpc) is 2.47. The number of aliphatic hydroxyl groups is 1. The lowest BCUT2D eigenvalue weighted by Gasteiger charge is -2.36. The monoisotopic (exact) mass is 253 g/mol. The van der Waals surface area contributed by atoms with Gasteiger partial charge >= 0.3 is 0 Å². The molecule has 1 atom stereocenters. The van der Waals surface area contributed by atoms with Crippen LogP contribution in [0.2, 0.25) is 0 Å². The zero-order valence-electron chi connectivity index (χ0n) is 11.0. The van der Waals surface area contributed by atoms with E-state index in [1.165, 1.54) is 16.7 Å². The van der Waals surface area contributed by atoms with Crippen molar-refractivity contribution in [1.82, 2.24) is 4.90 Å². The molecule has 0 fully saturated rings. The quantitative estimate of drug-likeness (QED) is 0.909. The van der Waals surface area contributed by atoms with E-state index >= 15 is 0 Å². The molecule has 98 valence electrons. The number of nitrogens with zero attached hydrogens (tertiary/aromatic N) is 1. The lowest BCUT2D eigenvalue weighted by atomic mass is 9.94. The minimum Gasteiger partial charge on any atom is -0.395 e. The second-order valence-corrected chi connectivity index (χ2v) is 5.20. The summed E-state index contributed by atoms with van der Waals surface area (Å²) < 4.78 is 0. The highest BCUT2D eigenvalue weighted by molar-refractivity contribution is 5.30. The molecule has 19 heavy (non-hydrogen) atoms. The molecule has 1 heterocycles. The molecule has 2 heteroatoms. The van der Waals surface area contributed by atoms with Crippen molar-refractivity contribution in [2.75, 3.05) is 6.61 Å². The van der Waals surface area contributed by atoms with Crippen molar-refractivity contribution in [2.45, 2.75) is 25.6 Å². The molecule has 0 spiro atoms. The predicted molar refractivity (Wildman–Crippen MR) is 76.7 cm³/mol. The summed E-state index contributed by atoms with van der Waals surface area (Å²) >= 11 is 0. The molecule has 1 aliphatic rings. The fourth-order valence-electron chi connectivity index (χ4n) is 2.82. The first-order valence-electron chi connectivity index (χ1n) is 6.82. The van der Waals surface area contributed by atoms with Gasteiger partial charge in [0, 0.05) is 19.1 Å². The molecule has 0 aromatic heterocycles. The number of benzene rings is 2. The molecule has 0 bridgehead atoms. The molecule has 3 rings (SSSR count). The Balaban J connectivity index is 1.81. The van der Waals surface area contributed by atoms with Gasteiger partial charge in [-0.15, -0.1) is 0 Å². The molecule has 2 aromatic rings. The lowest BCUT2D eigenvalue weighted by Crippen LogP contribution is -2.42. The van der Waals surface area contributed by atoms with Gasteiger partial charge in [0.1, 0.15) is 0 Å². The predicted octanol–water partition coefficient (Wildman–Crippen LogP) is 2.61. The van der Waals surface area contributed by atoms with E-state index in [0.717, 1.165) is 19.5 Å². The normalized spacial score (nSPS) is 19.1. The first-order valence-corrected chi connectivity index (χ1v) is 6.82. The van der Waals surface area contributed by atoms with Gasteiger partial charge < -0.3 is 5.11 Å². The second kappa shape index (κ2) is 5.55. The Labute approximate surface area is 114 Å². The summed E-state index contributed by atoms with van der Waals surface area (Å²) in [5.41, 5.74) is 4.08. The van der Waals surface area contributed by atoms with Gasteiger partial charge in [-0.25, -0.2) is 0 Å². The van der Waals surface area contributed by atoms with E-state index in [9.17, 15) is 5.11 Å². The van der Waals surface area contributed by atoms with Crippen molar-refractivity contribution < 1.29 is 5.11 Å². The van der Waals surface area contributed by atoms with E-state index in [1.54, 1.807) is 0 Å². The van der Waals surface area contributed by atoms with Gasteiger partial charge in [0.05, 0.1) is 6.61 Å². The van der Waals surface area contributed by atoms with Crippen molar-refractivity contribution in [3.8, 4) is 0 Å². The van der Waals surface area contributed by atoms with E-state index in [2.05, 4.69) is 53.4 Å². The third kappa shape index (κ3) is 2.70. The van der Waals surface area contributed by atoms with E-state index in [0.29, 0.717) is 0 Å². The zero-order valence-corrected chi connectivity index (χ0v) is 11.0. The van der Waals surface area contributed by atoms with Gasteiger partial charge in [0.15, 0.2) is 0 Å². The summed E-state index contributed by atoms with van der Waals surface area (Å²) in [5, 5.41) is 9.62. The van der Waals surface area contributed by atoms with Crippen LogP contribution in [-0.4, -0.2) is 22.7 Å². The second-order valence-electron chi connectivity index (χ2n) is 5.20. The maximum atomic E-state index is 9.62. The molecule has 2 nitrogen and oxygen atoms in total. The lowest BCUT2D eigenvalue weighted by molar-refractivity contribution is 0.0996. The van der Waals surface area contributed by atoms with Gasteiger partial charge in [-0.3, -0.25) is 4.90 Å². The largest absolute Gasteiger partial charge is 0.395 e. The topological polar surface area (TPSA) is 23.5 Å². The fourth-order valence-corrected chi connectivity index (χ4v) is 2.82. The van der Waals surface area contributed by atoms with Crippen LogP contribution in [0, 0.1) is 0 Å². The van der Waals surface area contributed by atoms with Crippen LogP contribution < -0.4 is 0 Å². The van der Waals surface area contributed by atoms with Crippen LogP contribution in [0.15, 0.2) is 54.6 Å². The summed E-state index contributed by atoms with van der Waals surface area (Å²) in [6.45, 7) is 2.05. The van der Waals surface area contributed by atoms with Crippen molar-refractivity contribution >= 4 is 0 Å². The maximum Gasteiger partial charge on any atom is 0.0590 e. The molecule has 1 N–H and O–H groups in total. The van der Waals surface area contributed by atoms with Crippen LogP contribution in [0.4, 0.5) is 0 Å². The number of hydrogen-bond acceptors (Lipinski definition) is 2. The first kappa shape index (κ1) is 12.4. The highest BCUT2D eigenvalue weighted by Crippen LogP contribution is 2.24. The van der Waals surface area contributed by atoms with Crippen molar-refractivity contribution in [1.29, 1.82) is 0 Å². The molecule has 0 saturated heterocycles. The Morgan fingerprint density at radius 1 is 0.947 bits per heavy atom. The number of rotatable bonds is 3. The summed E-state index contributed by atoms with van der Waals surface area (Å²) in [6, 6.07) is 19.3. The molecule has 0 amide bonds. The van der Waals surface area contributed by atoms with Crippen LogP contribution in [0.3, 0.4) is 0 Å². The number of aliphatic hydroxyl groups excluding tert-OH is 1. The number of fused-ring (bicyclic) bond motifs is 1. The third-order valence-corrected chi connectivity index (χ3v) is 3.90. The smallest absolute Gasteiger partial charge is 0.0590 e.